The molecule has 1 N–H and O–H groups in total. The number of ether oxygens (including phenoxy) is 1. The predicted octanol–water partition coefficient (Wildman–Crippen LogP) is 3.76. The first-order valence-corrected chi connectivity index (χ1v) is 9.56. The Hall–Kier alpha value is -3.37. The summed E-state index contributed by atoms with van der Waals surface area (Å²) >= 11 is 0. The molecule has 0 bridgehead atoms. The number of pyridine rings is 1. The van der Waals surface area contributed by atoms with Crippen molar-refractivity contribution in [1.82, 2.24) is 29.9 Å². The van der Waals surface area contributed by atoms with Gasteiger partial charge in [-0.2, -0.15) is 23.4 Å². The summed E-state index contributed by atoms with van der Waals surface area (Å²) in [5.41, 5.74) is 0.757. The number of carbonyl (C=O) groups is 1. The highest BCUT2D eigenvalue weighted by Gasteiger charge is 2.35. The zero-order chi connectivity index (χ0) is 23.3. The summed E-state index contributed by atoms with van der Waals surface area (Å²) in [6.45, 7) is 5.71. The number of hydrogen-bond donors (Lipinski definition) is 1. The predicted molar refractivity (Wildman–Crippen MR) is 108 cm³/mol. The van der Waals surface area contributed by atoms with Gasteiger partial charge in [0.1, 0.15) is 5.69 Å². The Morgan fingerprint density at radius 1 is 1.13 bits per heavy atom. The van der Waals surface area contributed by atoms with E-state index in [2.05, 4.69) is 20.5 Å². The molecule has 3 aromatic heterocycles. The molecule has 1 amide bonds. The van der Waals surface area contributed by atoms with Crippen LogP contribution >= 0.6 is 0 Å². The van der Waals surface area contributed by atoms with Gasteiger partial charge in [0.15, 0.2) is 5.69 Å². The molecule has 3 rings (SSSR count). The molecule has 0 fully saturated rings. The molecule has 1 unspecified atom stereocenters. The lowest BCUT2D eigenvalue weighted by Gasteiger charge is -2.14. The van der Waals surface area contributed by atoms with E-state index in [1.807, 2.05) is 13.8 Å². The maximum atomic E-state index is 12.8. The lowest BCUT2D eigenvalue weighted by Crippen LogP contribution is -2.29. The molecule has 0 saturated heterocycles. The van der Waals surface area contributed by atoms with Gasteiger partial charge in [0.2, 0.25) is 5.88 Å². The highest BCUT2D eigenvalue weighted by atomic mass is 19.4. The summed E-state index contributed by atoms with van der Waals surface area (Å²) in [5, 5.41) is 10.4. The molecular formula is C20H25F3N6O2. The summed E-state index contributed by atoms with van der Waals surface area (Å²) in [4.78, 5) is 16.6. The van der Waals surface area contributed by atoms with E-state index in [4.69, 9.17) is 4.74 Å². The van der Waals surface area contributed by atoms with Gasteiger partial charge in [-0.25, -0.2) is 4.98 Å². The number of aryl methyl sites for hydroxylation is 2. The zero-order valence-electron chi connectivity index (χ0n) is 18.2. The lowest BCUT2D eigenvalue weighted by atomic mass is 10.1. The minimum Gasteiger partial charge on any atom is -0.481 e. The van der Waals surface area contributed by atoms with Gasteiger partial charge >= 0.3 is 6.18 Å². The fraction of sp³-hybridized carbons (Fsp3) is 0.400. The number of aromatic nitrogens is 5. The molecule has 3 aromatic rings. The zero-order valence-corrected chi connectivity index (χ0v) is 18.2. The third-order valence-corrected chi connectivity index (χ3v) is 4.35. The number of carbonyl (C=O) groups excluding carboxylic acids is 1. The Kier molecular flexibility index (Phi) is 7.42. The van der Waals surface area contributed by atoms with Gasteiger partial charge in [0.05, 0.1) is 24.5 Å². The molecule has 168 valence electrons. The number of amides is 1. The Labute approximate surface area is 178 Å². The maximum Gasteiger partial charge on any atom is 0.435 e. The van der Waals surface area contributed by atoms with Crippen LogP contribution in [0.5, 0.6) is 5.88 Å². The largest absolute Gasteiger partial charge is 0.481 e. The number of nitrogens with zero attached hydrogens (tertiary/aromatic N) is 5. The molecule has 11 heteroatoms. The number of rotatable bonds is 5. The van der Waals surface area contributed by atoms with E-state index in [0.717, 1.165) is 16.3 Å². The normalized spacial score (nSPS) is 12.0. The quantitative estimate of drug-likeness (QED) is 0.656. The fourth-order valence-corrected chi connectivity index (χ4v) is 2.84. The summed E-state index contributed by atoms with van der Waals surface area (Å²) in [5.74, 6) is -0.197. The number of nitrogens with one attached hydrogen (secondary N) is 1. The van der Waals surface area contributed by atoms with Crippen LogP contribution in [0.1, 0.15) is 48.7 Å². The molecule has 0 radical (unpaired) electrons. The van der Waals surface area contributed by atoms with Crippen molar-refractivity contribution in [3.8, 4) is 17.1 Å². The van der Waals surface area contributed by atoms with E-state index < -0.39 is 23.8 Å². The van der Waals surface area contributed by atoms with Gasteiger partial charge in [-0.3, -0.25) is 14.2 Å². The van der Waals surface area contributed by atoms with Gasteiger partial charge in [-0.1, -0.05) is 13.8 Å². The minimum atomic E-state index is -4.62. The van der Waals surface area contributed by atoms with Crippen LogP contribution in [0.3, 0.4) is 0 Å². The first-order valence-electron chi connectivity index (χ1n) is 9.56. The lowest BCUT2D eigenvalue weighted by molar-refractivity contribution is -0.141. The van der Waals surface area contributed by atoms with Crippen LogP contribution in [0.2, 0.25) is 0 Å². The Bertz CT molecular complexity index is 1020. The second-order valence-electron chi connectivity index (χ2n) is 6.40. The second kappa shape index (κ2) is 9.63. The number of halogens is 3. The van der Waals surface area contributed by atoms with Crippen LogP contribution in [0, 0.1) is 0 Å². The smallest absolute Gasteiger partial charge is 0.435 e. The van der Waals surface area contributed by atoms with Gasteiger partial charge in [-0.15, -0.1) is 0 Å². The van der Waals surface area contributed by atoms with Gasteiger partial charge in [-0.05, 0) is 19.1 Å². The first-order chi connectivity index (χ1) is 14.6. The molecular weight excluding hydrogens is 413 g/mol. The third kappa shape index (κ3) is 5.41. The number of methoxy groups -OCH3 is 1. The fourth-order valence-electron chi connectivity index (χ4n) is 2.84. The van der Waals surface area contributed by atoms with Crippen molar-refractivity contribution < 1.29 is 22.7 Å². The summed E-state index contributed by atoms with van der Waals surface area (Å²) < 4.78 is 45.9. The molecule has 31 heavy (non-hydrogen) atoms. The standard InChI is InChI=1S/C18H19F3N6O2.C2H6/c1-10(23-17(28)14-8-15(18(19,20)21)25-27(14)3)13-7-12(24-26(13)2)11-5-6-16(29-4)22-9-11;1-2/h5-10H,1-4H3,(H,23,28);1-2H3. The van der Waals surface area contributed by atoms with E-state index in [1.165, 1.54) is 14.2 Å². The van der Waals surface area contributed by atoms with E-state index >= 15 is 0 Å². The van der Waals surface area contributed by atoms with Crippen LogP contribution in [0.15, 0.2) is 30.5 Å². The average Bonchev–Trinajstić information content (AvgIpc) is 3.32. The number of alkyl halides is 3. The molecule has 8 nitrogen and oxygen atoms in total. The van der Waals surface area contributed by atoms with Crippen molar-refractivity contribution in [2.45, 2.75) is 33.0 Å². The summed E-state index contributed by atoms with van der Waals surface area (Å²) in [6.07, 6.45) is -3.01. The van der Waals surface area contributed by atoms with E-state index in [-0.39, 0.29) is 5.69 Å². The number of hydrogen-bond acceptors (Lipinski definition) is 5. The van der Waals surface area contributed by atoms with E-state index in [0.29, 0.717) is 17.3 Å². The first kappa shape index (κ1) is 23.9. The molecule has 0 spiro atoms. The van der Waals surface area contributed by atoms with Gasteiger partial charge in [0.25, 0.3) is 5.91 Å². The molecule has 3 heterocycles. The van der Waals surface area contributed by atoms with Crippen LogP contribution in [-0.4, -0.2) is 37.6 Å². The van der Waals surface area contributed by atoms with Gasteiger partial charge in [0, 0.05) is 38.0 Å². The molecule has 1 atom stereocenters. The van der Waals surface area contributed by atoms with Crippen molar-refractivity contribution in [3.63, 3.8) is 0 Å². The van der Waals surface area contributed by atoms with Crippen molar-refractivity contribution in [2.75, 3.05) is 7.11 Å². The highest BCUT2D eigenvalue weighted by Crippen LogP contribution is 2.28. The Balaban J connectivity index is 0.00000166. The molecule has 0 saturated carbocycles. The summed E-state index contributed by atoms with van der Waals surface area (Å²) in [7, 11) is 4.52. The Morgan fingerprint density at radius 3 is 2.32 bits per heavy atom. The van der Waals surface area contributed by atoms with Crippen molar-refractivity contribution in [3.05, 3.63) is 47.5 Å². The van der Waals surface area contributed by atoms with Gasteiger partial charge < -0.3 is 10.1 Å². The van der Waals surface area contributed by atoms with Crippen molar-refractivity contribution >= 4 is 5.91 Å². The van der Waals surface area contributed by atoms with Crippen LogP contribution in [-0.2, 0) is 20.3 Å². The monoisotopic (exact) mass is 438 g/mol. The van der Waals surface area contributed by atoms with Crippen molar-refractivity contribution in [2.24, 2.45) is 14.1 Å². The van der Waals surface area contributed by atoms with Crippen LogP contribution in [0.4, 0.5) is 13.2 Å². The molecule has 0 aromatic carbocycles. The topological polar surface area (TPSA) is 86.9 Å². The Morgan fingerprint density at radius 2 is 1.81 bits per heavy atom. The maximum absolute atomic E-state index is 12.8. The minimum absolute atomic E-state index is 0.189. The van der Waals surface area contributed by atoms with Crippen molar-refractivity contribution in [1.29, 1.82) is 0 Å². The average molecular weight is 438 g/mol. The molecule has 0 aliphatic heterocycles. The SMILES string of the molecule is CC.COc1ccc(-c2cc(C(C)NC(=O)c3cc(C(F)(F)F)nn3C)n(C)n2)cn1. The highest BCUT2D eigenvalue weighted by molar-refractivity contribution is 5.93. The van der Waals surface area contributed by atoms with Crippen LogP contribution < -0.4 is 10.1 Å². The third-order valence-electron chi connectivity index (χ3n) is 4.35. The summed E-state index contributed by atoms with van der Waals surface area (Å²) in [6, 6.07) is 5.49. The van der Waals surface area contributed by atoms with Crippen LogP contribution in [0.25, 0.3) is 11.3 Å². The second-order valence-corrected chi connectivity index (χ2v) is 6.40. The van der Waals surface area contributed by atoms with E-state index in [1.54, 1.807) is 43.0 Å². The molecule has 0 aliphatic rings. The molecule has 0 aliphatic carbocycles. The van der Waals surface area contributed by atoms with E-state index in [9.17, 15) is 18.0 Å².